The van der Waals surface area contributed by atoms with Gasteiger partial charge in [-0.2, -0.15) is 18.2 Å². The average molecular weight is 466 g/mol. The summed E-state index contributed by atoms with van der Waals surface area (Å²) in [5.41, 5.74) is -1.13. The van der Waals surface area contributed by atoms with E-state index in [-0.39, 0.29) is 33.6 Å². The Kier molecular flexibility index (Phi) is 5.74. The largest absolute Gasteiger partial charge is 0.483 e. The maximum Gasteiger partial charge on any atom is 0.418 e. The van der Waals surface area contributed by atoms with Crippen molar-refractivity contribution in [2.75, 3.05) is 23.8 Å². The van der Waals surface area contributed by atoms with Crippen LogP contribution in [0.2, 0.25) is 5.02 Å². The molecule has 1 amide bonds. The molecule has 8 nitrogen and oxygen atoms in total. The van der Waals surface area contributed by atoms with Gasteiger partial charge in [0.05, 0.1) is 29.0 Å². The van der Waals surface area contributed by atoms with Crippen LogP contribution in [0.25, 0.3) is 0 Å². The van der Waals surface area contributed by atoms with Crippen LogP contribution in [0.5, 0.6) is 17.4 Å². The predicted octanol–water partition coefficient (Wildman–Crippen LogP) is 4.70. The Bertz CT molecular complexity index is 1190. The number of aromatic nitrogens is 3. The van der Waals surface area contributed by atoms with Crippen molar-refractivity contribution in [1.82, 2.24) is 15.0 Å². The van der Waals surface area contributed by atoms with E-state index in [9.17, 15) is 18.0 Å². The third kappa shape index (κ3) is 4.52. The van der Waals surface area contributed by atoms with E-state index >= 15 is 0 Å². The Morgan fingerprint density at radius 3 is 2.84 bits per heavy atom. The van der Waals surface area contributed by atoms with Gasteiger partial charge in [0.1, 0.15) is 18.7 Å². The summed E-state index contributed by atoms with van der Waals surface area (Å²) in [7, 11) is 0. The summed E-state index contributed by atoms with van der Waals surface area (Å²) in [4.78, 5) is 24.4. The molecule has 0 bridgehead atoms. The second-order valence-corrected chi connectivity index (χ2v) is 7.10. The molecular formula is C20H15ClF3N5O3. The number of halogens is 4. The Hall–Kier alpha value is -3.60. The lowest BCUT2D eigenvalue weighted by atomic mass is 10.1. The second-order valence-electron chi connectivity index (χ2n) is 6.69. The first-order chi connectivity index (χ1) is 15.2. The molecular weight excluding hydrogens is 451 g/mol. The summed E-state index contributed by atoms with van der Waals surface area (Å²) < 4.78 is 50.6. The molecule has 0 atom stereocenters. The zero-order valence-corrected chi connectivity index (χ0v) is 17.2. The maximum absolute atomic E-state index is 13.1. The Balaban J connectivity index is 1.58. The van der Waals surface area contributed by atoms with Gasteiger partial charge in [-0.05, 0) is 31.2 Å². The van der Waals surface area contributed by atoms with Gasteiger partial charge in [0.2, 0.25) is 5.75 Å². The minimum atomic E-state index is -4.59. The highest BCUT2D eigenvalue weighted by Gasteiger charge is 2.33. The second kappa shape index (κ2) is 8.50. The molecule has 1 aliphatic heterocycles. The maximum atomic E-state index is 13.1. The molecule has 12 heteroatoms. The summed E-state index contributed by atoms with van der Waals surface area (Å²) in [6.45, 7) is 2.20. The normalized spacial score (nSPS) is 12.9. The van der Waals surface area contributed by atoms with Crippen LogP contribution < -0.4 is 20.1 Å². The lowest BCUT2D eigenvalue weighted by molar-refractivity contribution is -0.138. The van der Waals surface area contributed by atoms with Crippen molar-refractivity contribution < 1.29 is 27.4 Å². The van der Waals surface area contributed by atoms with Gasteiger partial charge in [-0.25, -0.2) is 4.98 Å². The lowest BCUT2D eigenvalue weighted by Crippen LogP contribution is -2.19. The fourth-order valence-corrected chi connectivity index (χ4v) is 3.08. The number of hydrogen-bond acceptors (Lipinski definition) is 7. The molecule has 166 valence electrons. The van der Waals surface area contributed by atoms with E-state index < -0.39 is 17.6 Å². The highest BCUT2D eigenvalue weighted by atomic mass is 35.5. The van der Waals surface area contributed by atoms with E-state index in [0.29, 0.717) is 24.7 Å². The first kappa shape index (κ1) is 21.6. The molecule has 0 saturated heterocycles. The molecule has 2 N–H and O–H groups in total. The molecule has 4 rings (SSSR count). The number of aryl methyl sites for hydroxylation is 1. The summed E-state index contributed by atoms with van der Waals surface area (Å²) in [6, 6.07) is 5.00. The molecule has 3 aromatic rings. The summed E-state index contributed by atoms with van der Waals surface area (Å²) in [5.74, 6) is 0.285. The Morgan fingerprint density at radius 1 is 1.25 bits per heavy atom. The minimum absolute atomic E-state index is 0.0965. The average Bonchev–Trinajstić information content (AvgIpc) is 2.76. The lowest BCUT2D eigenvalue weighted by Gasteiger charge is -2.19. The third-order valence-electron chi connectivity index (χ3n) is 4.46. The van der Waals surface area contributed by atoms with Crippen molar-refractivity contribution in [1.29, 1.82) is 0 Å². The summed E-state index contributed by atoms with van der Waals surface area (Å²) in [5, 5.41) is 5.63. The van der Waals surface area contributed by atoms with Crippen LogP contribution in [0, 0.1) is 6.92 Å². The van der Waals surface area contributed by atoms with Crippen molar-refractivity contribution in [3.8, 4) is 17.4 Å². The molecule has 0 radical (unpaired) electrons. The smallest absolute Gasteiger partial charge is 0.418 e. The number of alkyl halides is 3. The molecule has 3 heterocycles. The van der Waals surface area contributed by atoms with Gasteiger partial charge in [-0.1, -0.05) is 11.6 Å². The van der Waals surface area contributed by atoms with Gasteiger partial charge < -0.3 is 20.1 Å². The molecule has 32 heavy (non-hydrogen) atoms. The molecule has 0 spiro atoms. The SMILES string of the molecule is Cc1ncc(NC(=O)c2ccc(Cl)c(Oc3ncnc4c3OCCN4)c2)cc1C(F)(F)F. The first-order valence-electron chi connectivity index (χ1n) is 9.26. The predicted molar refractivity (Wildman–Crippen MR) is 109 cm³/mol. The van der Waals surface area contributed by atoms with Crippen molar-refractivity contribution in [3.63, 3.8) is 0 Å². The molecule has 0 aliphatic carbocycles. The molecule has 0 saturated carbocycles. The fraction of sp³-hybridized carbons (Fsp3) is 0.200. The fourth-order valence-electron chi connectivity index (χ4n) is 2.93. The van der Waals surface area contributed by atoms with Crippen LogP contribution >= 0.6 is 11.6 Å². The number of pyridine rings is 1. The van der Waals surface area contributed by atoms with E-state index in [2.05, 4.69) is 25.6 Å². The highest BCUT2D eigenvalue weighted by molar-refractivity contribution is 6.32. The van der Waals surface area contributed by atoms with Gasteiger partial charge in [-0.15, -0.1) is 0 Å². The third-order valence-corrected chi connectivity index (χ3v) is 4.77. The Labute approximate surface area is 184 Å². The van der Waals surface area contributed by atoms with E-state index in [1.807, 2.05) is 0 Å². The zero-order chi connectivity index (χ0) is 22.9. The topological polar surface area (TPSA) is 98.3 Å². The molecule has 0 fully saturated rings. The summed E-state index contributed by atoms with van der Waals surface area (Å²) in [6.07, 6.45) is -2.16. The van der Waals surface area contributed by atoms with Crippen molar-refractivity contribution in [2.45, 2.75) is 13.1 Å². The van der Waals surface area contributed by atoms with Gasteiger partial charge in [-0.3, -0.25) is 9.78 Å². The zero-order valence-electron chi connectivity index (χ0n) is 16.5. The number of amides is 1. The molecule has 0 unspecified atom stereocenters. The van der Waals surface area contributed by atoms with Crippen LogP contribution in [0.4, 0.5) is 24.7 Å². The van der Waals surface area contributed by atoms with Gasteiger partial charge in [0.25, 0.3) is 11.8 Å². The number of ether oxygens (including phenoxy) is 2. The standard InChI is InChI=1S/C20H15ClF3N5O3/c1-10-13(20(22,23)24)7-12(8-26-10)29-18(30)11-2-3-14(21)15(6-11)32-19-16-17(27-9-28-19)25-4-5-31-16/h2-3,6-9H,4-5H2,1H3,(H,29,30)(H,25,27,28). The van der Waals surface area contributed by atoms with E-state index in [4.69, 9.17) is 21.1 Å². The number of rotatable bonds is 4. The van der Waals surface area contributed by atoms with Crippen LogP contribution in [0.3, 0.4) is 0 Å². The summed E-state index contributed by atoms with van der Waals surface area (Å²) >= 11 is 6.19. The number of carbonyl (C=O) groups excluding carboxylic acids is 1. The Morgan fingerprint density at radius 2 is 2.06 bits per heavy atom. The monoisotopic (exact) mass is 465 g/mol. The number of nitrogens with zero attached hydrogens (tertiary/aromatic N) is 3. The van der Waals surface area contributed by atoms with Crippen LogP contribution in [0.15, 0.2) is 36.8 Å². The van der Waals surface area contributed by atoms with Crippen LogP contribution in [-0.4, -0.2) is 34.0 Å². The van der Waals surface area contributed by atoms with Crippen molar-refractivity contribution >= 4 is 29.0 Å². The highest BCUT2D eigenvalue weighted by Crippen LogP contribution is 2.38. The number of fused-ring (bicyclic) bond motifs is 1. The molecule has 2 aromatic heterocycles. The van der Waals surface area contributed by atoms with Crippen LogP contribution in [0.1, 0.15) is 21.6 Å². The number of anilines is 2. The van der Waals surface area contributed by atoms with Crippen LogP contribution in [-0.2, 0) is 6.18 Å². The quantitative estimate of drug-likeness (QED) is 0.576. The number of nitrogens with one attached hydrogen (secondary N) is 2. The van der Waals surface area contributed by atoms with Crippen molar-refractivity contribution in [2.24, 2.45) is 0 Å². The number of benzene rings is 1. The molecule has 1 aromatic carbocycles. The van der Waals surface area contributed by atoms with E-state index in [1.165, 1.54) is 31.5 Å². The number of hydrogen-bond donors (Lipinski definition) is 2. The van der Waals surface area contributed by atoms with E-state index in [1.54, 1.807) is 0 Å². The minimum Gasteiger partial charge on any atom is -0.483 e. The van der Waals surface area contributed by atoms with Gasteiger partial charge in [0, 0.05) is 11.3 Å². The number of carbonyl (C=O) groups is 1. The molecule has 1 aliphatic rings. The van der Waals surface area contributed by atoms with Gasteiger partial charge in [0.15, 0.2) is 5.82 Å². The van der Waals surface area contributed by atoms with Crippen molar-refractivity contribution in [3.05, 3.63) is 58.6 Å². The first-order valence-corrected chi connectivity index (χ1v) is 9.64. The van der Waals surface area contributed by atoms with E-state index in [0.717, 1.165) is 12.3 Å². The van der Waals surface area contributed by atoms with Gasteiger partial charge >= 0.3 is 6.18 Å².